The van der Waals surface area contributed by atoms with Crippen LogP contribution in [0.25, 0.3) is 0 Å². The molecule has 1 aromatic heterocycles. The molecule has 1 aliphatic rings. The van der Waals surface area contributed by atoms with Gasteiger partial charge >= 0.3 is 0 Å². The molecule has 6 heteroatoms. The average Bonchev–Trinajstić information content (AvgIpc) is 2.44. The summed E-state index contributed by atoms with van der Waals surface area (Å²) < 4.78 is 30.1. The first-order valence-corrected chi connectivity index (χ1v) is 5.17. The minimum absolute atomic E-state index is 0.0331. The van der Waals surface area contributed by atoms with E-state index in [1.54, 1.807) is 0 Å². The van der Waals surface area contributed by atoms with Crippen molar-refractivity contribution in [2.75, 3.05) is 6.61 Å². The molecule has 0 spiro atoms. The third kappa shape index (κ3) is 2.17. The lowest BCUT2D eigenvalue weighted by Crippen LogP contribution is -2.38. The smallest absolute Gasteiger partial charge is 0.294 e. The van der Waals surface area contributed by atoms with Gasteiger partial charge in [-0.25, -0.2) is 8.78 Å². The van der Waals surface area contributed by atoms with Gasteiger partial charge in [0, 0.05) is 18.8 Å². The third-order valence-electron chi connectivity index (χ3n) is 2.12. The van der Waals surface area contributed by atoms with Gasteiger partial charge in [0.05, 0.1) is 6.61 Å². The van der Waals surface area contributed by atoms with Crippen molar-refractivity contribution in [2.24, 2.45) is 5.92 Å². The molecule has 78 valence electrons. The summed E-state index contributed by atoms with van der Waals surface area (Å²) in [7, 11) is 0. The molecular formula is C8H10F2N2OS. The predicted molar refractivity (Wildman–Crippen MR) is 47.8 cm³/mol. The van der Waals surface area contributed by atoms with Gasteiger partial charge in [-0.1, -0.05) is 11.3 Å². The van der Waals surface area contributed by atoms with Crippen molar-refractivity contribution < 1.29 is 13.5 Å². The minimum Gasteiger partial charge on any atom is -0.469 e. The van der Waals surface area contributed by atoms with Gasteiger partial charge in [0.2, 0.25) is 5.92 Å². The van der Waals surface area contributed by atoms with E-state index in [1.807, 2.05) is 6.92 Å². The molecule has 1 fully saturated rings. The molecule has 0 unspecified atom stereocenters. The number of alkyl halides is 2. The summed E-state index contributed by atoms with van der Waals surface area (Å²) in [5.74, 6) is -2.50. The number of hydrogen-bond donors (Lipinski definition) is 0. The Bertz CT molecular complexity index is 321. The van der Waals surface area contributed by atoms with Gasteiger partial charge in [-0.3, -0.25) is 0 Å². The van der Waals surface area contributed by atoms with Crippen molar-refractivity contribution in [3.05, 3.63) is 5.01 Å². The van der Waals surface area contributed by atoms with Crippen LogP contribution in [0.15, 0.2) is 0 Å². The van der Waals surface area contributed by atoms with Gasteiger partial charge in [0.25, 0.3) is 5.19 Å². The number of ether oxygens (including phenoxy) is 1. The van der Waals surface area contributed by atoms with Crippen LogP contribution in [-0.4, -0.2) is 22.7 Å². The zero-order chi connectivity index (χ0) is 10.2. The SMILES string of the molecule is Cc1nnc(OCC2CC(F)(F)C2)s1. The lowest BCUT2D eigenvalue weighted by Gasteiger charge is -2.34. The molecule has 1 aromatic rings. The van der Waals surface area contributed by atoms with Crippen molar-refractivity contribution in [2.45, 2.75) is 25.7 Å². The average molecular weight is 220 g/mol. The molecule has 0 aliphatic heterocycles. The summed E-state index contributed by atoms with van der Waals surface area (Å²) in [4.78, 5) is 0. The van der Waals surface area contributed by atoms with Crippen LogP contribution in [-0.2, 0) is 0 Å². The van der Waals surface area contributed by atoms with Crippen molar-refractivity contribution in [3.8, 4) is 5.19 Å². The maximum Gasteiger partial charge on any atom is 0.294 e. The molecule has 0 amide bonds. The first-order valence-electron chi connectivity index (χ1n) is 4.36. The summed E-state index contributed by atoms with van der Waals surface area (Å²) in [5.41, 5.74) is 0. The quantitative estimate of drug-likeness (QED) is 0.783. The van der Waals surface area contributed by atoms with Crippen LogP contribution in [0.5, 0.6) is 5.19 Å². The van der Waals surface area contributed by atoms with E-state index in [4.69, 9.17) is 4.74 Å². The second kappa shape index (κ2) is 3.42. The minimum atomic E-state index is -2.47. The molecule has 2 rings (SSSR count). The van der Waals surface area contributed by atoms with E-state index in [-0.39, 0.29) is 18.8 Å². The Morgan fingerprint density at radius 2 is 2.21 bits per heavy atom. The van der Waals surface area contributed by atoms with Gasteiger partial charge in [0.15, 0.2) is 0 Å². The molecule has 0 bridgehead atoms. The largest absolute Gasteiger partial charge is 0.469 e. The van der Waals surface area contributed by atoms with Crippen LogP contribution >= 0.6 is 11.3 Å². The van der Waals surface area contributed by atoms with Crippen molar-refractivity contribution >= 4 is 11.3 Å². The number of rotatable bonds is 3. The maximum atomic E-state index is 12.4. The Morgan fingerprint density at radius 3 is 2.71 bits per heavy atom. The third-order valence-corrected chi connectivity index (χ3v) is 2.88. The van der Waals surface area contributed by atoms with Crippen LogP contribution in [0.3, 0.4) is 0 Å². The molecule has 0 N–H and O–H groups in total. The fourth-order valence-corrected chi connectivity index (χ4v) is 1.97. The van der Waals surface area contributed by atoms with Crippen molar-refractivity contribution in [1.82, 2.24) is 10.2 Å². The van der Waals surface area contributed by atoms with E-state index >= 15 is 0 Å². The molecule has 1 saturated carbocycles. The Hall–Kier alpha value is -0.780. The van der Waals surface area contributed by atoms with Crippen molar-refractivity contribution in [1.29, 1.82) is 0 Å². The highest BCUT2D eigenvalue weighted by Crippen LogP contribution is 2.42. The van der Waals surface area contributed by atoms with Gasteiger partial charge in [-0.2, -0.15) is 0 Å². The molecule has 14 heavy (non-hydrogen) atoms. The topological polar surface area (TPSA) is 35.0 Å². The number of nitrogens with zero attached hydrogens (tertiary/aromatic N) is 2. The predicted octanol–water partition coefficient (Wildman–Crippen LogP) is 2.27. The first kappa shape index (κ1) is 9.76. The first-order chi connectivity index (χ1) is 6.55. The van der Waals surface area contributed by atoms with Crippen LogP contribution in [0.2, 0.25) is 0 Å². The van der Waals surface area contributed by atoms with E-state index in [1.165, 1.54) is 11.3 Å². The number of halogens is 2. The molecule has 0 aromatic carbocycles. The Balaban J connectivity index is 1.74. The fourth-order valence-electron chi connectivity index (χ4n) is 1.43. The molecular weight excluding hydrogens is 210 g/mol. The van der Waals surface area contributed by atoms with E-state index in [9.17, 15) is 8.78 Å². The molecule has 3 nitrogen and oxygen atoms in total. The zero-order valence-electron chi connectivity index (χ0n) is 7.67. The maximum absolute atomic E-state index is 12.4. The second-order valence-electron chi connectivity index (χ2n) is 3.53. The Kier molecular flexibility index (Phi) is 2.38. The summed E-state index contributed by atoms with van der Waals surface area (Å²) in [6.45, 7) is 2.15. The Labute approximate surface area is 84.1 Å². The van der Waals surface area contributed by atoms with E-state index < -0.39 is 5.92 Å². The number of hydrogen-bond acceptors (Lipinski definition) is 4. The highest BCUT2D eigenvalue weighted by Gasteiger charge is 2.45. The van der Waals surface area contributed by atoms with Crippen molar-refractivity contribution in [3.63, 3.8) is 0 Å². The van der Waals surface area contributed by atoms with Gasteiger partial charge in [-0.15, -0.1) is 10.2 Å². The second-order valence-corrected chi connectivity index (χ2v) is 4.67. The fraction of sp³-hybridized carbons (Fsp3) is 0.750. The summed E-state index contributed by atoms with van der Waals surface area (Å²) >= 11 is 1.33. The number of aryl methyl sites for hydroxylation is 1. The summed E-state index contributed by atoms with van der Waals surface area (Å²) in [6, 6.07) is 0. The standard InChI is InChI=1S/C8H10F2N2OS/c1-5-11-12-7(14-5)13-4-6-2-8(9,10)3-6/h6H,2-4H2,1H3. The lowest BCUT2D eigenvalue weighted by molar-refractivity contribution is -0.119. The van der Waals surface area contributed by atoms with Gasteiger partial charge in [0.1, 0.15) is 5.01 Å². The molecule has 0 radical (unpaired) electrons. The van der Waals surface area contributed by atoms with Crippen LogP contribution < -0.4 is 4.74 Å². The van der Waals surface area contributed by atoms with E-state index in [0.717, 1.165) is 5.01 Å². The van der Waals surface area contributed by atoms with Crippen LogP contribution in [0.1, 0.15) is 17.8 Å². The van der Waals surface area contributed by atoms with Gasteiger partial charge in [-0.05, 0) is 6.92 Å². The van der Waals surface area contributed by atoms with E-state index in [0.29, 0.717) is 11.8 Å². The normalized spacial score (nSPS) is 20.5. The summed E-state index contributed by atoms with van der Waals surface area (Å²) in [6.07, 6.45) is -0.129. The van der Waals surface area contributed by atoms with Crippen LogP contribution in [0.4, 0.5) is 8.78 Å². The molecule has 0 atom stereocenters. The molecule has 1 heterocycles. The molecule has 1 aliphatic carbocycles. The molecule has 0 saturated heterocycles. The highest BCUT2D eigenvalue weighted by molar-refractivity contribution is 7.12. The summed E-state index contributed by atoms with van der Waals surface area (Å²) in [5, 5.41) is 8.79. The lowest BCUT2D eigenvalue weighted by atomic mass is 9.82. The zero-order valence-corrected chi connectivity index (χ0v) is 8.48. The highest BCUT2D eigenvalue weighted by atomic mass is 32.1. The van der Waals surface area contributed by atoms with Crippen LogP contribution in [0, 0.1) is 12.8 Å². The number of aromatic nitrogens is 2. The van der Waals surface area contributed by atoms with Gasteiger partial charge < -0.3 is 4.74 Å². The Morgan fingerprint density at radius 1 is 1.50 bits per heavy atom. The monoisotopic (exact) mass is 220 g/mol. The van der Waals surface area contributed by atoms with E-state index in [2.05, 4.69) is 10.2 Å².